The Bertz CT molecular complexity index is 934. The highest BCUT2D eigenvalue weighted by Gasteiger charge is 2.43. The monoisotopic (exact) mass is 412 g/mol. The summed E-state index contributed by atoms with van der Waals surface area (Å²) in [6.07, 6.45) is -5.48. The number of rotatable bonds is 6. The Morgan fingerprint density at radius 3 is 2.31 bits per heavy atom. The van der Waals surface area contributed by atoms with Crippen LogP contribution in [0, 0.1) is 11.3 Å². The molecule has 0 fully saturated rings. The van der Waals surface area contributed by atoms with E-state index in [4.69, 9.17) is 20.3 Å². The van der Waals surface area contributed by atoms with Gasteiger partial charge in [-0.05, 0) is 36.4 Å². The fourth-order valence-corrected chi connectivity index (χ4v) is 2.09. The van der Waals surface area contributed by atoms with Crippen molar-refractivity contribution in [3.8, 4) is 5.75 Å². The van der Waals surface area contributed by atoms with Gasteiger partial charge in [0.1, 0.15) is 17.3 Å². The second kappa shape index (κ2) is 8.59. The Kier molecular flexibility index (Phi) is 6.42. The van der Waals surface area contributed by atoms with E-state index in [0.717, 1.165) is 0 Å². The van der Waals surface area contributed by atoms with Gasteiger partial charge < -0.3 is 19.6 Å². The summed E-state index contributed by atoms with van der Waals surface area (Å²) in [5.41, 5.74) is 5.76. The Morgan fingerprint density at radius 1 is 1.14 bits per heavy atom. The summed E-state index contributed by atoms with van der Waals surface area (Å²) in [4.78, 5) is 34.3. The highest BCUT2D eigenvalue weighted by Crippen LogP contribution is 2.20. The molecular formula is C18H15F3N2O6. The zero-order valence-electron chi connectivity index (χ0n) is 14.9. The molecule has 8 nitrogen and oxygen atoms in total. The molecule has 3 N–H and O–H groups in total. The zero-order valence-corrected chi connectivity index (χ0v) is 14.9. The molecule has 1 aromatic carbocycles. The van der Waals surface area contributed by atoms with Gasteiger partial charge in [-0.2, -0.15) is 13.2 Å². The van der Waals surface area contributed by atoms with Gasteiger partial charge in [-0.25, -0.2) is 9.59 Å². The van der Waals surface area contributed by atoms with E-state index in [1.807, 2.05) is 0 Å². The molecule has 2 rings (SSSR count). The second-order valence-electron chi connectivity index (χ2n) is 5.91. The van der Waals surface area contributed by atoms with Gasteiger partial charge in [-0.1, -0.05) is 6.92 Å². The number of ether oxygens (including phenoxy) is 2. The van der Waals surface area contributed by atoms with Crippen molar-refractivity contribution < 1.29 is 41.4 Å². The first-order chi connectivity index (χ1) is 13.5. The normalized spacial score (nSPS) is 12.1. The van der Waals surface area contributed by atoms with Crippen LogP contribution >= 0.6 is 0 Å². The molecule has 154 valence electrons. The van der Waals surface area contributed by atoms with Crippen LogP contribution in [0.15, 0.2) is 40.8 Å². The lowest BCUT2D eigenvalue weighted by Crippen LogP contribution is -2.30. The van der Waals surface area contributed by atoms with Crippen molar-refractivity contribution >= 4 is 23.7 Å². The van der Waals surface area contributed by atoms with Crippen LogP contribution in [-0.2, 0) is 20.7 Å². The number of amidine groups is 1. The fraction of sp³-hybridized carbons (Fsp3) is 0.222. The molecule has 0 aliphatic carbocycles. The minimum Gasteiger partial charge on any atom is -0.454 e. The fourth-order valence-electron chi connectivity index (χ4n) is 2.09. The molecule has 0 amide bonds. The largest absolute Gasteiger partial charge is 0.491 e. The lowest BCUT2D eigenvalue weighted by atomic mass is 10.1. The molecule has 1 unspecified atom stereocenters. The standard InChI is InChI=1S/C18H15F3N2O6/c1-9(15(24)29-17(26)18(19,20)21)8-12-6-7-13(27-12)16(25)28-11-4-2-10(3-5-11)14(22)23/h2-7,9H,8H2,1H3,(H3,22,23). The van der Waals surface area contributed by atoms with Crippen LogP contribution < -0.4 is 10.5 Å². The van der Waals surface area contributed by atoms with E-state index in [1.165, 1.54) is 43.3 Å². The number of furan rings is 1. The summed E-state index contributed by atoms with van der Waals surface area (Å²) >= 11 is 0. The molecule has 29 heavy (non-hydrogen) atoms. The number of carbonyl (C=O) groups excluding carboxylic acids is 3. The SMILES string of the molecule is CC(Cc1ccc(C(=O)Oc2ccc(C(=N)N)cc2)o1)C(=O)OC(=O)C(F)(F)F. The number of carbonyl (C=O) groups is 3. The lowest BCUT2D eigenvalue weighted by molar-refractivity contribution is -0.203. The van der Waals surface area contributed by atoms with Crippen molar-refractivity contribution in [1.82, 2.24) is 0 Å². The van der Waals surface area contributed by atoms with Crippen molar-refractivity contribution in [1.29, 1.82) is 5.41 Å². The molecule has 0 aliphatic heterocycles. The predicted molar refractivity (Wildman–Crippen MR) is 91.1 cm³/mol. The molecule has 0 spiro atoms. The van der Waals surface area contributed by atoms with Gasteiger partial charge >= 0.3 is 24.1 Å². The lowest BCUT2D eigenvalue weighted by Gasteiger charge is -2.10. The Labute approximate surface area is 161 Å². The van der Waals surface area contributed by atoms with E-state index < -0.39 is 30.0 Å². The van der Waals surface area contributed by atoms with E-state index in [1.54, 1.807) is 0 Å². The van der Waals surface area contributed by atoms with Gasteiger partial charge in [0, 0.05) is 12.0 Å². The highest BCUT2D eigenvalue weighted by molar-refractivity contribution is 5.95. The molecule has 0 bridgehead atoms. The summed E-state index contributed by atoms with van der Waals surface area (Å²) in [6, 6.07) is 8.41. The quantitative estimate of drug-likeness (QED) is 0.245. The maximum absolute atomic E-state index is 12.1. The van der Waals surface area contributed by atoms with Crippen LogP contribution in [0.25, 0.3) is 0 Å². The second-order valence-corrected chi connectivity index (χ2v) is 5.91. The number of nitrogens with one attached hydrogen (secondary N) is 1. The average Bonchev–Trinajstić information content (AvgIpc) is 3.09. The third-order valence-corrected chi connectivity index (χ3v) is 3.57. The number of nitrogens with two attached hydrogens (primary N) is 1. The molecule has 2 aromatic rings. The van der Waals surface area contributed by atoms with Gasteiger partial charge in [-0.15, -0.1) is 0 Å². The smallest absolute Gasteiger partial charge is 0.454 e. The molecule has 1 heterocycles. The number of alkyl halides is 3. The third kappa shape index (κ3) is 5.92. The first-order valence-corrected chi connectivity index (χ1v) is 8.05. The highest BCUT2D eigenvalue weighted by atomic mass is 19.4. The maximum Gasteiger partial charge on any atom is 0.491 e. The van der Waals surface area contributed by atoms with E-state index in [2.05, 4.69) is 4.74 Å². The Morgan fingerprint density at radius 2 is 1.76 bits per heavy atom. The molecular weight excluding hydrogens is 397 g/mol. The van der Waals surface area contributed by atoms with Gasteiger partial charge in [0.05, 0.1) is 5.92 Å². The van der Waals surface area contributed by atoms with Crippen molar-refractivity contribution in [3.05, 3.63) is 53.5 Å². The van der Waals surface area contributed by atoms with Crippen LogP contribution in [-0.4, -0.2) is 29.9 Å². The molecule has 0 saturated carbocycles. The summed E-state index contributed by atoms with van der Waals surface area (Å²) < 4.78 is 50.4. The van der Waals surface area contributed by atoms with E-state index >= 15 is 0 Å². The minimum absolute atomic E-state index is 0.104. The summed E-state index contributed by atoms with van der Waals surface area (Å²) in [5, 5.41) is 7.29. The number of halogens is 3. The van der Waals surface area contributed by atoms with Crippen LogP contribution in [0.1, 0.15) is 28.8 Å². The van der Waals surface area contributed by atoms with Crippen molar-refractivity contribution in [2.45, 2.75) is 19.5 Å². The predicted octanol–water partition coefficient (Wildman–Crippen LogP) is 2.59. The Hall–Kier alpha value is -3.63. The number of nitrogen functional groups attached to an aromatic ring is 1. The summed E-state index contributed by atoms with van der Waals surface area (Å²) in [7, 11) is 0. The van der Waals surface area contributed by atoms with E-state index in [9.17, 15) is 27.6 Å². The topological polar surface area (TPSA) is 133 Å². The molecule has 0 radical (unpaired) electrons. The van der Waals surface area contributed by atoms with Crippen LogP contribution in [0.5, 0.6) is 5.75 Å². The van der Waals surface area contributed by atoms with E-state index in [0.29, 0.717) is 5.56 Å². The molecule has 0 aliphatic rings. The number of hydrogen-bond donors (Lipinski definition) is 2. The van der Waals surface area contributed by atoms with Crippen molar-refractivity contribution in [2.75, 3.05) is 0 Å². The number of esters is 3. The zero-order chi connectivity index (χ0) is 21.8. The first-order valence-electron chi connectivity index (χ1n) is 8.05. The molecule has 1 aromatic heterocycles. The van der Waals surface area contributed by atoms with Gasteiger partial charge in [-0.3, -0.25) is 10.2 Å². The van der Waals surface area contributed by atoms with Gasteiger partial charge in [0.15, 0.2) is 0 Å². The van der Waals surface area contributed by atoms with Crippen molar-refractivity contribution in [2.24, 2.45) is 11.7 Å². The number of benzene rings is 1. The molecule has 1 atom stereocenters. The number of hydrogen-bond acceptors (Lipinski definition) is 7. The maximum atomic E-state index is 12.1. The summed E-state index contributed by atoms with van der Waals surface area (Å²) in [6.45, 7) is 1.24. The summed E-state index contributed by atoms with van der Waals surface area (Å²) in [5.74, 6) is -6.05. The first kappa shape index (κ1) is 21.7. The van der Waals surface area contributed by atoms with Gasteiger partial charge in [0.25, 0.3) is 0 Å². The van der Waals surface area contributed by atoms with Crippen LogP contribution in [0.2, 0.25) is 0 Å². The van der Waals surface area contributed by atoms with Gasteiger partial charge in [0.2, 0.25) is 5.76 Å². The van der Waals surface area contributed by atoms with Crippen molar-refractivity contribution in [3.63, 3.8) is 0 Å². The third-order valence-electron chi connectivity index (χ3n) is 3.57. The molecule has 11 heteroatoms. The minimum atomic E-state index is -5.28. The van der Waals surface area contributed by atoms with E-state index in [-0.39, 0.29) is 29.5 Å². The van der Waals surface area contributed by atoms with Crippen LogP contribution in [0.3, 0.4) is 0 Å². The Balaban J connectivity index is 1.95. The molecule has 0 saturated heterocycles. The van der Waals surface area contributed by atoms with Crippen LogP contribution in [0.4, 0.5) is 13.2 Å². The average molecular weight is 412 g/mol.